The fourth-order valence-corrected chi connectivity index (χ4v) is 2.53. The fourth-order valence-electron chi connectivity index (χ4n) is 1.75. The maximum absolute atomic E-state index is 11.5. The predicted molar refractivity (Wildman–Crippen MR) is 78.9 cm³/mol. The third-order valence-electron chi connectivity index (χ3n) is 2.98. The molecule has 0 bridgehead atoms. The van der Waals surface area contributed by atoms with Crippen LogP contribution in [0.1, 0.15) is 42.6 Å². The lowest BCUT2D eigenvalue weighted by atomic mass is 10.1. The van der Waals surface area contributed by atoms with Crippen LogP contribution in [0.4, 0.5) is 0 Å². The van der Waals surface area contributed by atoms with Gasteiger partial charge in [-0.25, -0.2) is 0 Å². The van der Waals surface area contributed by atoms with Gasteiger partial charge in [0.1, 0.15) is 5.75 Å². The molecule has 1 aromatic carbocycles. The first-order valence-electron chi connectivity index (χ1n) is 6.35. The quantitative estimate of drug-likeness (QED) is 0.551. The molecule has 0 spiro atoms. The second kappa shape index (κ2) is 7.57. The highest BCUT2D eigenvalue weighted by Crippen LogP contribution is 2.21. The van der Waals surface area contributed by atoms with Crippen LogP contribution in [0.2, 0.25) is 0 Å². The van der Waals surface area contributed by atoms with Gasteiger partial charge in [-0.05, 0) is 44.7 Å². The SMILES string of the molecule is CC(=O)c1cc(C)ccc1OCCC(C)CCBr. The van der Waals surface area contributed by atoms with Gasteiger partial charge in [0, 0.05) is 5.33 Å². The number of carbonyl (C=O) groups is 1. The Hall–Kier alpha value is -0.830. The van der Waals surface area contributed by atoms with Crippen LogP contribution >= 0.6 is 15.9 Å². The monoisotopic (exact) mass is 312 g/mol. The van der Waals surface area contributed by atoms with E-state index in [0.29, 0.717) is 23.8 Å². The molecule has 18 heavy (non-hydrogen) atoms. The van der Waals surface area contributed by atoms with Crippen LogP contribution < -0.4 is 4.74 Å². The summed E-state index contributed by atoms with van der Waals surface area (Å²) in [4.78, 5) is 11.5. The number of hydrogen-bond acceptors (Lipinski definition) is 2. The summed E-state index contributed by atoms with van der Waals surface area (Å²) in [6.45, 7) is 6.44. The Balaban J connectivity index is 2.59. The van der Waals surface area contributed by atoms with E-state index >= 15 is 0 Å². The highest BCUT2D eigenvalue weighted by molar-refractivity contribution is 9.09. The number of benzene rings is 1. The lowest BCUT2D eigenvalue weighted by molar-refractivity contribution is 0.101. The summed E-state index contributed by atoms with van der Waals surface area (Å²) in [5.41, 5.74) is 1.77. The maximum Gasteiger partial charge on any atom is 0.163 e. The lowest BCUT2D eigenvalue weighted by Gasteiger charge is -2.13. The Labute approximate surface area is 118 Å². The highest BCUT2D eigenvalue weighted by Gasteiger charge is 2.09. The average molecular weight is 313 g/mol. The number of carbonyl (C=O) groups excluding carboxylic acids is 1. The molecule has 0 heterocycles. The summed E-state index contributed by atoms with van der Waals surface area (Å²) in [5.74, 6) is 1.40. The number of aryl methyl sites for hydroxylation is 1. The number of ether oxygens (including phenoxy) is 1. The molecule has 0 saturated heterocycles. The van der Waals surface area contributed by atoms with E-state index in [9.17, 15) is 4.79 Å². The number of ketones is 1. The zero-order valence-electron chi connectivity index (χ0n) is 11.3. The average Bonchev–Trinajstić information content (AvgIpc) is 2.31. The molecule has 100 valence electrons. The Morgan fingerprint density at radius 1 is 1.39 bits per heavy atom. The molecule has 0 aliphatic rings. The molecular weight excluding hydrogens is 292 g/mol. The van der Waals surface area contributed by atoms with Crippen molar-refractivity contribution in [1.29, 1.82) is 0 Å². The minimum atomic E-state index is 0.0576. The molecule has 1 rings (SSSR count). The maximum atomic E-state index is 11.5. The van der Waals surface area contributed by atoms with Crippen LogP contribution in [0.3, 0.4) is 0 Å². The number of hydrogen-bond donors (Lipinski definition) is 0. The van der Waals surface area contributed by atoms with Crippen molar-refractivity contribution >= 4 is 21.7 Å². The standard InChI is InChI=1S/C15H21BrO2/c1-11(6-8-16)7-9-18-15-5-4-12(2)10-14(15)13(3)17/h4-5,10-11H,6-9H2,1-3H3. The zero-order chi connectivity index (χ0) is 13.5. The third-order valence-corrected chi connectivity index (χ3v) is 3.44. The van der Waals surface area contributed by atoms with Crippen molar-refractivity contribution in [3.8, 4) is 5.75 Å². The summed E-state index contributed by atoms with van der Waals surface area (Å²) in [6, 6.07) is 5.75. The topological polar surface area (TPSA) is 26.3 Å². The van der Waals surface area contributed by atoms with Crippen molar-refractivity contribution in [2.24, 2.45) is 5.92 Å². The fraction of sp³-hybridized carbons (Fsp3) is 0.533. The van der Waals surface area contributed by atoms with Gasteiger partial charge in [-0.1, -0.05) is 34.5 Å². The lowest BCUT2D eigenvalue weighted by Crippen LogP contribution is -2.07. The van der Waals surface area contributed by atoms with E-state index in [0.717, 1.165) is 23.7 Å². The van der Waals surface area contributed by atoms with E-state index in [2.05, 4.69) is 22.9 Å². The summed E-state index contributed by atoms with van der Waals surface area (Å²) in [5, 5.41) is 1.03. The van der Waals surface area contributed by atoms with E-state index in [1.54, 1.807) is 6.92 Å². The number of Topliss-reactive ketones (excluding diaryl/α,β-unsaturated/α-hetero) is 1. The summed E-state index contributed by atoms with van der Waals surface area (Å²) in [7, 11) is 0. The molecule has 1 atom stereocenters. The molecule has 0 aliphatic heterocycles. The van der Waals surface area contributed by atoms with Crippen molar-refractivity contribution in [3.63, 3.8) is 0 Å². The number of rotatable bonds is 7. The Morgan fingerprint density at radius 2 is 2.11 bits per heavy atom. The van der Waals surface area contributed by atoms with Crippen LogP contribution in [0, 0.1) is 12.8 Å². The second-order valence-electron chi connectivity index (χ2n) is 4.78. The molecule has 0 radical (unpaired) electrons. The van der Waals surface area contributed by atoms with E-state index < -0.39 is 0 Å². The van der Waals surface area contributed by atoms with Crippen molar-refractivity contribution in [2.75, 3.05) is 11.9 Å². The van der Waals surface area contributed by atoms with Crippen molar-refractivity contribution in [1.82, 2.24) is 0 Å². The smallest absolute Gasteiger partial charge is 0.163 e. The van der Waals surface area contributed by atoms with Crippen LogP contribution in [-0.2, 0) is 0 Å². The first kappa shape index (κ1) is 15.2. The normalized spacial score (nSPS) is 12.2. The van der Waals surface area contributed by atoms with Crippen molar-refractivity contribution in [3.05, 3.63) is 29.3 Å². The van der Waals surface area contributed by atoms with E-state index in [4.69, 9.17) is 4.74 Å². The molecular formula is C15H21BrO2. The molecule has 1 aromatic rings. The Morgan fingerprint density at radius 3 is 2.72 bits per heavy atom. The largest absolute Gasteiger partial charge is 0.493 e. The molecule has 2 nitrogen and oxygen atoms in total. The minimum absolute atomic E-state index is 0.0576. The predicted octanol–water partition coefficient (Wildman–Crippen LogP) is 4.39. The van der Waals surface area contributed by atoms with Crippen LogP contribution in [0.15, 0.2) is 18.2 Å². The molecule has 0 saturated carbocycles. The number of alkyl halides is 1. The van der Waals surface area contributed by atoms with Gasteiger partial charge in [-0.2, -0.15) is 0 Å². The van der Waals surface area contributed by atoms with Gasteiger partial charge in [0.15, 0.2) is 5.78 Å². The molecule has 0 amide bonds. The summed E-state index contributed by atoms with van der Waals surface area (Å²) >= 11 is 3.44. The first-order chi connectivity index (χ1) is 8.54. The molecule has 1 unspecified atom stereocenters. The summed E-state index contributed by atoms with van der Waals surface area (Å²) in [6.07, 6.45) is 2.16. The minimum Gasteiger partial charge on any atom is -0.493 e. The van der Waals surface area contributed by atoms with E-state index in [-0.39, 0.29) is 5.78 Å². The van der Waals surface area contributed by atoms with Gasteiger partial charge in [-0.15, -0.1) is 0 Å². The van der Waals surface area contributed by atoms with Gasteiger partial charge >= 0.3 is 0 Å². The van der Waals surface area contributed by atoms with Crippen molar-refractivity contribution in [2.45, 2.75) is 33.6 Å². The molecule has 0 N–H and O–H groups in total. The van der Waals surface area contributed by atoms with Gasteiger partial charge in [0.05, 0.1) is 12.2 Å². The highest BCUT2D eigenvalue weighted by atomic mass is 79.9. The van der Waals surface area contributed by atoms with Crippen molar-refractivity contribution < 1.29 is 9.53 Å². The third kappa shape index (κ3) is 4.81. The van der Waals surface area contributed by atoms with Crippen LogP contribution in [0.5, 0.6) is 5.75 Å². The van der Waals surface area contributed by atoms with Crippen LogP contribution in [-0.4, -0.2) is 17.7 Å². The first-order valence-corrected chi connectivity index (χ1v) is 7.47. The second-order valence-corrected chi connectivity index (χ2v) is 5.57. The number of halogens is 1. The van der Waals surface area contributed by atoms with Gasteiger partial charge in [0.25, 0.3) is 0 Å². The Kier molecular flexibility index (Phi) is 6.41. The summed E-state index contributed by atoms with van der Waals surface area (Å²) < 4.78 is 5.73. The molecule has 0 aromatic heterocycles. The van der Waals surface area contributed by atoms with Gasteiger partial charge in [0.2, 0.25) is 0 Å². The Bertz CT molecular complexity index is 401. The zero-order valence-corrected chi connectivity index (χ0v) is 12.9. The van der Waals surface area contributed by atoms with E-state index in [1.807, 2.05) is 25.1 Å². The molecule has 0 fully saturated rings. The molecule has 3 heteroatoms. The van der Waals surface area contributed by atoms with Gasteiger partial charge < -0.3 is 4.74 Å². The van der Waals surface area contributed by atoms with Crippen LogP contribution in [0.25, 0.3) is 0 Å². The van der Waals surface area contributed by atoms with Gasteiger partial charge in [-0.3, -0.25) is 4.79 Å². The molecule has 0 aliphatic carbocycles. The van der Waals surface area contributed by atoms with E-state index in [1.165, 1.54) is 0 Å².